The molecule has 1 aromatic heterocycles. The molecule has 1 atom stereocenters. The Balaban J connectivity index is 2.06. The van der Waals surface area contributed by atoms with Crippen LogP contribution in [0.25, 0.3) is 0 Å². The number of hydrogen-bond acceptors (Lipinski definition) is 4. The summed E-state index contributed by atoms with van der Waals surface area (Å²) in [6.07, 6.45) is 6.89. The number of methoxy groups -OCH3 is 1. The van der Waals surface area contributed by atoms with Gasteiger partial charge in [-0.15, -0.1) is 0 Å². The number of aromatic nitrogens is 3. The van der Waals surface area contributed by atoms with Crippen molar-refractivity contribution in [3.8, 4) is 0 Å². The lowest BCUT2D eigenvalue weighted by Gasteiger charge is -2.33. The molecule has 2 rings (SSSR count). The van der Waals surface area contributed by atoms with Crippen LogP contribution in [0.15, 0.2) is 6.33 Å². The van der Waals surface area contributed by atoms with Gasteiger partial charge in [0, 0.05) is 26.1 Å². The summed E-state index contributed by atoms with van der Waals surface area (Å²) < 4.78 is 7.72. The van der Waals surface area contributed by atoms with Crippen LogP contribution >= 0.6 is 0 Å². The van der Waals surface area contributed by atoms with Gasteiger partial charge in [0.1, 0.15) is 12.2 Å². The van der Waals surface area contributed by atoms with E-state index in [1.807, 2.05) is 4.68 Å². The van der Waals surface area contributed by atoms with Crippen molar-refractivity contribution < 1.29 is 4.74 Å². The van der Waals surface area contributed by atoms with Gasteiger partial charge in [-0.1, -0.05) is 26.7 Å². The van der Waals surface area contributed by atoms with Gasteiger partial charge in [-0.05, 0) is 18.8 Å². The van der Waals surface area contributed by atoms with Crippen LogP contribution in [0.1, 0.15) is 45.4 Å². The fourth-order valence-corrected chi connectivity index (χ4v) is 3.03. The van der Waals surface area contributed by atoms with E-state index >= 15 is 0 Å². The predicted molar refractivity (Wildman–Crippen MR) is 74.7 cm³/mol. The van der Waals surface area contributed by atoms with E-state index in [0.717, 1.165) is 31.6 Å². The SMILES string of the molecule is COC1(C(N)Cc2ncnn2CC(C)C)CCCC1. The topological polar surface area (TPSA) is 66.0 Å². The Kier molecular flexibility index (Phi) is 4.58. The summed E-state index contributed by atoms with van der Waals surface area (Å²) in [6, 6.07) is -0.00453. The zero-order chi connectivity index (χ0) is 13.9. The highest BCUT2D eigenvalue weighted by Crippen LogP contribution is 2.35. The van der Waals surface area contributed by atoms with Crippen molar-refractivity contribution in [1.82, 2.24) is 14.8 Å². The first kappa shape index (κ1) is 14.5. The Labute approximate surface area is 115 Å². The number of hydrogen-bond donors (Lipinski definition) is 1. The van der Waals surface area contributed by atoms with E-state index in [1.165, 1.54) is 12.8 Å². The van der Waals surface area contributed by atoms with Crippen molar-refractivity contribution in [2.24, 2.45) is 11.7 Å². The molecule has 108 valence electrons. The summed E-state index contributed by atoms with van der Waals surface area (Å²) in [7, 11) is 1.78. The second kappa shape index (κ2) is 6.01. The van der Waals surface area contributed by atoms with Gasteiger partial charge in [-0.2, -0.15) is 5.10 Å². The van der Waals surface area contributed by atoms with Gasteiger partial charge >= 0.3 is 0 Å². The van der Waals surface area contributed by atoms with Crippen molar-refractivity contribution in [2.45, 2.75) is 64.1 Å². The average molecular weight is 266 g/mol. The number of ether oxygens (including phenoxy) is 1. The summed E-state index contributed by atoms with van der Waals surface area (Å²) in [5, 5.41) is 4.29. The lowest BCUT2D eigenvalue weighted by molar-refractivity contribution is -0.0260. The van der Waals surface area contributed by atoms with Crippen LogP contribution in [0.4, 0.5) is 0 Å². The molecular formula is C14H26N4O. The second-order valence-corrected chi connectivity index (χ2v) is 6.04. The van der Waals surface area contributed by atoms with Gasteiger partial charge in [0.2, 0.25) is 0 Å². The van der Waals surface area contributed by atoms with Crippen molar-refractivity contribution in [1.29, 1.82) is 0 Å². The summed E-state index contributed by atoms with van der Waals surface area (Å²) in [5.74, 6) is 1.53. The largest absolute Gasteiger partial charge is 0.377 e. The molecule has 1 heterocycles. The fourth-order valence-electron chi connectivity index (χ4n) is 3.03. The van der Waals surface area contributed by atoms with E-state index in [0.29, 0.717) is 5.92 Å². The smallest absolute Gasteiger partial charge is 0.138 e. The average Bonchev–Trinajstić information content (AvgIpc) is 2.99. The van der Waals surface area contributed by atoms with E-state index in [4.69, 9.17) is 10.5 Å². The minimum atomic E-state index is -0.158. The molecule has 0 bridgehead atoms. The standard InChI is InChI=1S/C14H26N4O/c1-11(2)9-18-13(16-10-17-18)8-12(15)14(19-3)6-4-5-7-14/h10-12H,4-9,15H2,1-3H3. The Bertz CT molecular complexity index is 396. The number of nitrogens with two attached hydrogens (primary N) is 1. The molecule has 0 spiro atoms. The molecule has 1 aromatic rings. The zero-order valence-corrected chi connectivity index (χ0v) is 12.3. The normalized spacial score (nSPS) is 20.1. The van der Waals surface area contributed by atoms with Gasteiger partial charge < -0.3 is 10.5 Å². The Hall–Kier alpha value is -0.940. The highest BCUT2D eigenvalue weighted by Gasteiger charge is 2.40. The third-order valence-corrected chi connectivity index (χ3v) is 4.17. The maximum Gasteiger partial charge on any atom is 0.138 e. The highest BCUT2D eigenvalue weighted by molar-refractivity contribution is 5.01. The van der Waals surface area contributed by atoms with Gasteiger partial charge in [-0.3, -0.25) is 0 Å². The molecule has 1 unspecified atom stereocenters. The first-order chi connectivity index (χ1) is 9.07. The van der Waals surface area contributed by atoms with E-state index in [-0.39, 0.29) is 11.6 Å². The van der Waals surface area contributed by atoms with Gasteiger partial charge in [-0.25, -0.2) is 9.67 Å². The second-order valence-electron chi connectivity index (χ2n) is 6.04. The molecule has 1 aliphatic carbocycles. The molecule has 1 fully saturated rings. The summed E-state index contributed by atoms with van der Waals surface area (Å²) in [6.45, 7) is 5.25. The predicted octanol–water partition coefficient (Wildman–Crippen LogP) is 1.76. The van der Waals surface area contributed by atoms with Gasteiger partial charge in [0.05, 0.1) is 5.60 Å². The molecule has 2 N–H and O–H groups in total. The molecule has 0 radical (unpaired) electrons. The number of rotatable bonds is 6. The Morgan fingerprint density at radius 2 is 2.11 bits per heavy atom. The quantitative estimate of drug-likeness (QED) is 0.852. The van der Waals surface area contributed by atoms with E-state index in [9.17, 15) is 0 Å². The van der Waals surface area contributed by atoms with Crippen molar-refractivity contribution >= 4 is 0 Å². The minimum absolute atomic E-state index is 0.00453. The van der Waals surface area contributed by atoms with Crippen LogP contribution in [-0.2, 0) is 17.7 Å². The fraction of sp³-hybridized carbons (Fsp3) is 0.857. The molecule has 5 nitrogen and oxygen atoms in total. The van der Waals surface area contributed by atoms with Crippen LogP contribution in [0.5, 0.6) is 0 Å². The molecule has 0 saturated heterocycles. The highest BCUT2D eigenvalue weighted by atomic mass is 16.5. The van der Waals surface area contributed by atoms with Crippen molar-refractivity contribution in [2.75, 3.05) is 7.11 Å². The zero-order valence-electron chi connectivity index (χ0n) is 12.3. The molecule has 0 aromatic carbocycles. The Morgan fingerprint density at radius 1 is 1.42 bits per heavy atom. The van der Waals surface area contributed by atoms with Crippen molar-refractivity contribution in [3.63, 3.8) is 0 Å². The molecule has 0 aliphatic heterocycles. The molecular weight excluding hydrogens is 240 g/mol. The van der Waals surface area contributed by atoms with Crippen LogP contribution in [0.2, 0.25) is 0 Å². The van der Waals surface area contributed by atoms with Crippen LogP contribution < -0.4 is 5.73 Å². The number of nitrogens with zero attached hydrogens (tertiary/aromatic N) is 3. The van der Waals surface area contributed by atoms with Crippen molar-refractivity contribution in [3.05, 3.63) is 12.2 Å². The molecule has 5 heteroatoms. The monoisotopic (exact) mass is 266 g/mol. The van der Waals surface area contributed by atoms with E-state index < -0.39 is 0 Å². The van der Waals surface area contributed by atoms with E-state index in [2.05, 4.69) is 23.9 Å². The molecule has 1 saturated carbocycles. The maximum atomic E-state index is 6.41. The molecule has 0 amide bonds. The maximum absolute atomic E-state index is 6.41. The van der Waals surface area contributed by atoms with Gasteiger partial charge in [0.15, 0.2) is 0 Å². The minimum Gasteiger partial charge on any atom is -0.377 e. The van der Waals surface area contributed by atoms with Crippen LogP contribution in [0, 0.1) is 5.92 Å². The lowest BCUT2D eigenvalue weighted by atomic mass is 9.90. The first-order valence-corrected chi connectivity index (χ1v) is 7.25. The van der Waals surface area contributed by atoms with Crippen LogP contribution in [-0.4, -0.2) is 33.5 Å². The lowest BCUT2D eigenvalue weighted by Crippen LogP contribution is -2.49. The molecule has 1 aliphatic rings. The third kappa shape index (κ3) is 3.15. The third-order valence-electron chi connectivity index (χ3n) is 4.17. The van der Waals surface area contributed by atoms with Crippen LogP contribution in [0.3, 0.4) is 0 Å². The van der Waals surface area contributed by atoms with Gasteiger partial charge in [0.25, 0.3) is 0 Å². The summed E-state index contributed by atoms with van der Waals surface area (Å²) in [5.41, 5.74) is 6.25. The Morgan fingerprint density at radius 3 is 2.68 bits per heavy atom. The summed E-state index contributed by atoms with van der Waals surface area (Å²) in [4.78, 5) is 4.36. The molecule has 19 heavy (non-hydrogen) atoms. The van der Waals surface area contributed by atoms with E-state index in [1.54, 1.807) is 13.4 Å². The summed E-state index contributed by atoms with van der Waals surface area (Å²) >= 11 is 0. The first-order valence-electron chi connectivity index (χ1n) is 7.25.